The average molecular weight is 324 g/mol. The smallest absolute Gasteiger partial charge is 0.310 e. The molecule has 9 nitrogen and oxygen atoms in total. The number of carbonyl (C=O) groups is 4. The largest absolute Gasteiger partial charge is 0.481 e. The summed E-state index contributed by atoms with van der Waals surface area (Å²) in [5, 5.41) is 41.1. The number of hydrogen-bond acceptors (Lipinski definition) is 7. The monoisotopic (exact) mass is 324 g/mol. The van der Waals surface area contributed by atoms with Crippen LogP contribution in [-0.2, 0) is 19.2 Å². The molecule has 0 amide bonds. The van der Waals surface area contributed by atoms with E-state index in [2.05, 4.69) is 0 Å². The molecule has 0 heterocycles. The number of hydrogen-bond donors (Lipinski definition) is 5. The van der Waals surface area contributed by atoms with E-state index in [9.17, 15) is 19.2 Å². The lowest BCUT2D eigenvalue weighted by molar-refractivity contribution is -0.141. The van der Waals surface area contributed by atoms with Crippen LogP contribution in [0, 0.1) is 5.41 Å². The number of carbonyl (C=O) groups excluding carboxylic acids is 2. The highest BCUT2D eigenvalue weighted by atomic mass is 16.4. The van der Waals surface area contributed by atoms with E-state index in [1.165, 1.54) is 13.8 Å². The van der Waals surface area contributed by atoms with Gasteiger partial charge in [0, 0.05) is 5.41 Å². The molecule has 0 radical (unpaired) electrons. The average Bonchev–Trinajstić information content (AvgIpc) is 2.36. The van der Waals surface area contributed by atoms with Crippen LogP contribution in [0.1, 0.15) is 33.6 Å². The van der Waals surface area contributed by atoms with Crippen molar-refractivity contribution < 1.29 is 44.7 Å². The zero-order valence-corrected chi connectivity index (χ0v) is 12.9. The number of aliphatic carboxylic acids is 2. The third-order valence-electron chi connectivity index (χ3n) is 1.95. The number of Topliss-reactive ketones (excluding diaryl/α,β-unsaturated/α-hetero) is 2. The topological polar surface area (TPSA) is 169 Å². The van der Waals surface area contributed by atoms with Gasteiger partial charge < -0.3 is 25.5 Å². The lowest BCUT2D eigenvalue weighted by Gasteiger charge is -2.20. The second kappa shape index (κ2) is 14.1. The van der Waals surface area contributed by atoms with E-state index in [4.69, 9.17) is 25.5 Å². The Morgan fingerprint density at radius 2 is 0.955 bits per heavy atom. The molecular weight excluding hydrogens is 300 g/mol. The zero-order valence-electron chi connectivity index (χ0n) is 12.9. The first-order valence-electron chi connectivity index (χ1n) is 6.19. The van der Waals surface area contributed by atoms with Gasteiger partial charge in [0.1, 0.15) is 24.4 Å². The number of carboxylic acids is 2. The molecule has 5 N–H and O–H groups in total. The lowest BCUT2D eigenvalue weighted by Crippen LogP contribution is -2.29. The third-order valence-corrected chi connectivity index (χ3v) is 1.95. The van der Waals surface area contributed by atoms with Crippen molar-refractivity contribution in [1.82, 2.24) is 0 Å². The van der Waals surface area contributed by atoms with E-state index in [0.717, 1.165) is 0 Å². The quantitative estimate of drug-likeness (QED) is 0.371. The Morgan fingerprint density at radius 3 is 0.955 bits per heavy atom. The summed E-state index contributed by atoms with van der Waals surface area (Å²) >= 11 is 0. The van der Waals surface area contributed by atoms with Crippen molar-refractivity contribution in [2.75, 3.05) is 19.8 Å². The minimum Gasteiger partial charge on any atom is -0.481 e. The maximum Gasteiger partial charge on any atom is 0.310 e. The fraction of sp³-hybridized carbons (Fsp3) is 0.692. The van der Waals surface area contributed by atoms with E-state index >= 15 is 0 Å². The maximum absolute atomic E-state index is 9.87. The Kier molecular flexibility index (Phi) is 16.1. The molecular formula is C13H24O9. The predicted octanol–water partition coefficient (Wildman–Crippen LogP) is -0.930. The SMILES string of the molecule is CC(=O)CC(=O)O.CC(=O)CC(=O)O.CC(CO)(CO)CO. The Hall–Kier alpha value is -1.84. The molecule has 9 heteroatoms. The van der Waals surface area contributed by atoms with Gasteiger partial charge in [0.05, 0.1) is 19.8 Å². The van der Waals surface area contributed by atoms with Crippen LogP contribution in [0.4, 0.5) is 0 Å². The Morgan fingerprint density at radius 1 is 0.727 bits per heavy atom. The number of carboxylic acid groups (broad SMARTS) is 2. The van der Waals surface area contributed by atoms with Crippen LogP contribution in [0.3, 0.4) is 0 Å². The van der Waals surface area contributed by atoms with Crippen molar-refractivity contribution in [2.45, 2.75) is 33.6 Å². The van der Waals surface area contributed by atoms with Crippen molar-refractivity contribution in [3.63, 3.8) is 0 Å². The molecule has 0 aromatic carbocycles. The van der Waals surface area contributed by atoms with Crippen LogP contribution in [0.5, 0.6) is 0 Å². The van der Waals surface area contributed by atoms with Gasteiger partial charge in [-0.3, -0.25) is 19.2 Å². The molecule has 0 fully saturated rings. The standard InChI is InChI=1S/C5H12O3.2C4H6O3/c1-5(2-6,3-7)4-8;2*1-3(5)2-4(6)7/h6-8H,2-4H2,1H3;2*2H2,1H3,(H,6,7). The van der Waals surface area contributed by atoms with Gasteiger partial charge in [-0.25, -0.2) is 0 Å². The molecule has 0 aliphatic rings. The second-order valence-electron chi connectivity index (χ2n) is 4.83. The van der Waals surface area contributed by atoms with Crippen LogP contribution >= 0.6 is 0 Å². The van der Waals surface area contributed by atoms with Crippen LogP contribution in [0.25, 0.3) is 0 Å². The number of ketones is 2. The van der Waals surface area contributed by atoms with E-state index in [-0.39, 0.29) is 44.2 Å². The van der Waals surface area contributed by atoms with Crippen LogP contribution < -0.4 is 0 Å². The summed E-state index contributed by atoms with van der Waals surface area (Å²) in [6.45, 7) is 3.55. The normalized spacial score (nSPS) is 9.55. The van der Waals surface area contributed by atoms with Gasteiger partial charge in [-0.1, -0.05) is 6.92 Å². The van der Waals surface area contributed by atoms with Crippen LogP contribution in [0.15, 0.2) is 0 Å². The van der Waals surface area contributed by atoms with E-state index in [1.807, 2.05) is 0 Å². The first-order valence-corrected chi connectivity index (χ1v) is 6.19. The summed E-state index contributed by atoms with van der Waals surface area (Å²) < 4.78 is 0. The number of rotatable bonds is 7. The molecule has 0 unspecified atom stereocenters. The van der Waals surface area contributed by atoms with Gasteiger partial charge in [-0.15, -0.1) is 0 Å². The fourth-order valence-electron chi connectivity index (χ4n) is 0.576. The van der Waals surface area contributed by atoms with Crippen LogP contribution in [-0.4, -0.2) is 68.9 Å². The third kappa shape index (κ3) is 23.3. The predicted molar refractivity (Wildman–Crippen MR) is 75.2 cm³/mol. The van der Waals surface area contributed by atoms with Crippen molar-refractivity contribution in [3.05, 3.63) is 0 Å². The van der Waals surface area contributed by atoms with Crippen molar-refractivity contribution in [2.24, 2.45) is 5.41 Å². The molecule has 0 spiro atoms. The van der Waals surface area contributed by atoms with E-state index < -0.39 is 17.4 Å². The maximum atomic E-state index is 9.87. The van der Waals surface area contributed by atoms with Gasteiger partial charge in [0.15, 0.2) is 0 Å². The van der Waals surface area contributed by atoms with Crippen LogP contribution in [0.2, 0.25) is 0 Å². The molecule has 0 aliphatic heterocycles. The minimum absolute atomic E-state index is 0.181. The highest BCUT2D eigenvalue weighted by Gasteiger charge is 2.20. The molecule has 0 bridgehead atoms. The number of aliphatic hydroxyl groups excluding tert-OH is 3. The molecule has 22 heavy (non-hydrogen) atoms. The first kappa shape index (κ1) is 25.1. The highest BCUT2D eigenvalue weighted by Crippen LogP contribution is 2.10. The highest BCUT2D eigenvalue weighted by molar-refractivity contribution is 5.93. The van der Waals surface area contributed by atoms with Crippen molar-refractivity contribution >= 4 is 23.5 Å². The summed E-state index contributed by atoms with van der Waals surface area (Å²) in [4.78, 5) is 38.9. The van der Waals surface area contributed by atoms with Crippen molar-refractivity contribution in [3.8, 4) is 0 Å². The summed E-state index contributed by atoms with van der Waals surface area (Å²) in [5.41, 5.74) is -0.708. The molecule has 0 atom stereocenters. The van der Waals surface area contributed by atoms with Gasteiger partial charge in [0.25, 0.3) is 0 Å². The molecule has 0 aromatic rings. The lowest BCUT2D eigenvalue weighted by atomic mass is 9.95. The van der Waals surface area contributed by atoms with Crippen molar-refractivity contribution in [1.29, 1.82) is 0 Å². The molecule has 0 saturated carbocycles. The summed E-state index contributed by atoms with van der Waals surface area (Å²) in [7, 11) is 0. The van der Waals surface area contributed by atoms with Gasteiger partial charge in [0.2, 0.25) is 0 Å². The summed E-state index contributed by atoms with van der Waals surface area (Å²) in [6.07, 6.45) is -0.722. The van der Waals surface area contributed by atoms with E-state index in [1.54, 1.807) is 6.92 Å². The molecule has 130 valence electrons. The Labute approximate surface area is 128 Å². The molecule has 0 saturated heterocycles. The Bertz CT molecular complexity index is 300. The molecule has 0 aromatic heterocycles. The van der Waals surface area contributed by atoms with Gasteiger partial charge in [-0.2, -0.15) is 0 Å². The van der Waals surface area contributed by atoms with Gasteiger partial charge >= 0.3 is 11.9 Å². The Balaban J connectivity index is -0.000000247. The van der Waals surface area contributed by atoms with E-state index in [0.29, 0.717) is 0 Å². The fourth-order valence-corrected chi connectivity index (χ4v) is 0.576. The van der Waals surface area contributed by atoms with Gasteiger partial charge in [-0.05, 0) is 13.8 Å². The summed E-state index contributed by atoms with van der Waals surface area (Å²) in [6, 6.07) is 0. The zero-order chi connectivity index (χ0) is 18.3. The number of aliphatic hydroxyl groups is 3. The first-order chi connectivity index (χ1) is 9.93. The summed E-state index contributed by atoms with van der Waals surface area (Å²) in [5.74, 6) is -2.75. The minimum atomic E-state index is -1.06. The molecule has 0 aliphatic carbocycles. The molecule has 0 rings (SSSR count). The second-order valence-corrected chi connectivity index (χ2v) is 4.83.